The van der Waals surface area contributed by atoms with E-state index in [1.54, 1.807) is 0 Å². The number of hydrogen-bond donors (Lipinski definition) is 0. The summed E-state index contributed by atoms with van der Waals surface area (Å²) in [4.78, 5) is 10.4. The molecule has 214 valence electrons. The molecule has 5 aromatic carbocycles. The zero-order valence-corrected chi connectivity index (χ0v) is 24.8. The lowest BCUT2D eigenvalue weighted by Crippen LogP contribution is -2.13. The van der Waals surface area contributed by atoms with E-state index in [0.717, 1.165) is 52.2 Å². The average molecular weight is 588 g/mol. The second-order valence-corrected chi connectivity index (χ2v) is 12.0. The number of para-hydroxylation sites is 3. The first kappa shape index (κ1) is 25.1. The van der Waals surface area contributed by atoms with Crippen LogP contribution in [0.4, 0.5) is 0 Å². The summed E-state index contributed by atoms with van der Waals surface area (Å²) in [6, 6.07) is 42.7. The summed E-state index contributed by atoms with van der Waals surface area (Å²) in [5, 5.41) is 17.2. The molecule has 5 heterocycles. The lowest BCUT2D eigenvalue weighted by atomic mass is 9.97. The summed E-state index contributed by atoms with van der Waals surface area (Å²) < 4.78 is 4.80. The van der Waals surface area contributed by atoms with Gasteiger partial charge in [0.15, 0.2) is 0 Å². The first-order chi connectivity index (χ1) is 22.8. The largest absolute Gasteiger partial charge is 0.308 e. The van der Waals surface area contributed by atoms with Gasteiger partial charge in [0, 0.05) is 44.1 Å². The number of aromatic nitrogens is 3. The molecular weight excluding hydrogens is 562 g/mol. The van der Waals surface area contributed by atoms with Crippen LogP contribution in [0.25, 0.3) is 65.7 Å². The molecule has 0 fully saturated rings. The van der Waals surface area contributed by atoms with E-state index in [9.17, 15) is 5.26 Å². The molecule has 0 saturated carbocycles. The van der Waals surface area contributed by atoms with Gasteiger partial charge in [-0.25, -0.2) is 4.99 Å². The van der Waals surface area contributed by atoms with Crippen LogP contribution < -0.4 is 0 Å². The quantitative estimate of drug-likeness (QED) is 0.202. The second-order valence-electron chi connectivity index (χ2n) is 12.0. The standard InChI is InChI=1S/C41H25N5/c42-24-25-10-7-12-27(22-25)39-38-26(13-9-21-43-38)11-8-20-36(44-39)46-34-18-5-2-15-29(34)32-23-31-28-14-1-4-17-33(28)45-35-19-6-3-16-30(35)37(40(31)45)41(32)46/h1-7,9-10,12-23H,8,11H2/b36-20+,44-39?. The number of fused-ring (bicyclic) bond motifs is 11. The van der Waals surface area contributed by atoms with Crippen molar-refractivity contribution in [1.82, 2.24) is 14.0 Å². The highest BCUT2D eigenvalue weighted by atomic mass is 15.1. The summed E-state index contributed by atoms with van der Waals surface area (Å²) >= 11 is 0. The molecule has 1 aliphatic rings. The smallest absolute Gasteiger partial charge is 0.134 e. The van der Waals surface area contributed by atoms with E-state index in [1.807, 2.05) is 36.5 Å². The fourth-order valence-corrected chi connectivity index (χ4v) is 7.70. The van der Waals surface area contributed by atoms with Gasteiger partial charge in [0.25, 0.3) is 0 Å². The van der Waals surface area contributed by atoms with Gasteiger partial charge in [-0.15, -0.1) is 0 Å². The van der Waals surface area contributed by atoms with Gasteiger partial charge in [0.1, 0.15) is 5.82 Å². The van der Waals surface area contributed by atoms with Gasteiger partial charge >= 0.3 is 0 Å². The summed E-state index contributed by atoms with van der Waals surface area (Å²) in [7, 11) is 0. The van der Waals surface area contributed by atoms with Crippen LogP contribution in [-0.2, 0) is 6.42 Å². The van der Waals surface area contributed by atoms with Crippen molar-refractivity contribution in [2.75, 3.05) is 0 Å². The molecular formula is C41H25N5. The number of nitrogens with zero attached hydrogens (tertiary/aromatic N) is 5. The number of nitriles is 1. The third-order valence-electron chi connectivity index (χ3n) is 9.58. The van der Waals surface area contributed by atoms with E-state index in [1.165, 1.54) is 48.9 Å². The maximum absolute atomic E-state index is 9.75. The normalized spacial score (nSPS) is 14.8. The monoisotopic (exact) mass is 587 g/mol. The Morgan fingerprint density at radius 1 is 0.652 bits per heavy atom. The number of allylic oxidation sites excluding steroid dienone is 1. The number of pyridine rings is 1. The Hall–Kier alpha value is -6.25. The fourth-order valence-electron chi connectivity index (χ4n) is 7.70. The Kier molecular flexibility index (Phi) is 5.12. The van der Waals surface area contributed by atoms with Crippen molar-refractivity contribution < 1.29 is 0 Å². The predicted octanol–water partition coefficient (Wildman–Crippen LogP) is 9.49. The van der Waals surface area contributed by atoms with Gasteiger partial charge < -0.3 is 4.40 Å². The van der Waals surface area contributed by atoms with Gasteiger partial charge in [-0.05, 0) is 66.9 Å². The minimum atomic E-state index is 0.599. The van der Waals surface area contributed by atoms with Crippen LogP contribution in [0.3, 0.4) is 0 Å². The lowest BCUT2D eigenvalue weighted by molar-refractivity contribution is 0.962. The van der Waals surface area contributed by atoms with Gasteiger partial charge in [0.2, 0.25) is 0 Å². The van der Waals surface area contributed by atoms with Crippen LogP contribution in [0.5, 0.6) is 0 Å². The van der Waals surface area contributed by atoms with E-state index in [0.29, 0.717) is 5.56 Å². The lowest BCUT2D eigenvalue weighted by Gasteiger charge is -2.17. The average Bonchev–Trinajstić information content (AvgIpc) is 3.73. The van der Waals surface area contributed by atoms with Crippen molar-refractivity contribution in [3.8, 4) is 6.07 Å². The molecule has 0 atom stereocenters. The van der Waals surface area contributed by atoms with E-state index in [-0.39, 0.29) is 0 Å². The summed E-state index contributed by atoms with van der Waals surface area (Å²) in [6.45, 7) is 0. The fraction of sp³-hybridized carbons (Fsp3) is 0.0488. The zero-order valence-electron chi connectivity index (χ0n) is 24.8. The number of benzene rings is 5. The second kappa shape index (κ2) is 9.37. The topological polar surface area (TPSA) is 58.4 Å². The van der Waals surface area contributed by atoms with E-state index in [2.05, 4.69) is 106 Å². The van der Waals surface area contributed by atoms with Gasteiger partial charge in [-0.1, -0.05) is 72.8 Å². The van der Waals surface area contributed by atoms with Crippen molar-refractivity contribution in [2.24, 2.45) is 4.99 Å². The van der Waals surface area contributed by atoms with Gasteiger partial charge in [-0.3, -0.25) is 9.55 Å². The first-order valence-electron chi connectivity index (χ1n) is 15.6. The molecule has 4 aromatic heterocycles. The van der Waals surface area contributed by atoms with Crippen LogP contribution in [0.15, 0.2) is 133 Å². The Balaban J connectivity index is 1.39. The molecule has 0 unspecified atom stereocenters. The Morgan fingerprint density at radius 3 is 2.20 bits per heavy atom. The minimum Gasteiger partial charge on any atom is -0.308 e. The maximum atomic E-state index is 9.75. The zero-order chi connectivity index (χ0) is 30.4. The number of aliphatic imine (C=N–C) groups is 1. The SMILES string of the molecule is N#Cc1cccc(C2=N/C(n3c4ccccc4c4cc5c6ccccc6n6c7ccccc7c(c43)c56)=C\CCc3cccnc32)c1. The van der Waals surface area contributed by atoms with E-state index >= 15 is 0 Å². The molecule has 0 radical (unpaired) electrons. The Morgan fingerprint density at radius 2 is 1.37 bits per heavy atom. The summed E-state index contributed by atoms with van der Waals surface area (Å²) in [5.41, 5.74) is 10.2. The summed E-state index contributed by atoms with van der Waals surface area (Å²) in [6.07, 6.45) is 5.77. The van der Waals surface area contributed by atoms with Gasteiger partial charge in [-0.2, -0.15) is 5.26 Å². The molecule has 0 spiro atoms. The predicted molar refractivity (Wildman–Crippen MR) is 188 cm³/mol. The molecule has 46 heavy (non-hydrogen) atoms. The molecule has 0 aliphatic carbocycles. The highest BCUT2D eigenvalue weighted by molar-refractivity contribution is 6.34. The van der Waals surface area contributed by atoms with Crippen LogP contribution >= 0.6 is 0 Å². The first-order valence-corrected chi connectivity index (χ1v) is 15.6. The highest BCUT2D eigenvalue weighted by Crippen LogP contribution is 2.46. The third-order valence-corrected chi connectivity index (χ3v) is 9.58. The van der Waals surface area contributed by atoms with Crippen LogP contribution in [0, 0.1) is 11.3 Å². The number of hydrogen-bond acceptors (Lipinski definition) is 3. The van der Waals surface area contributed by atoms with E-state index < -0.39 is 0 Å². The van der Waals surface area contributed by atoms with Crippen molar-refractivity contribution >= 4 is 71.4 Å². The van der Waals surface area contributed by atoms with Crippen LogP contribution in [0.1, 0.15) is 28.8 Å². The van der Waals surface area contributed by atoms with Crippen LogP contribution in [0.2, 0.25) is 0 Å². The summed E-state index contributed by atoms with van der Waals surface area (Å²) in [5.74, 6) is 0.863. The number of aryl methyl sites for hydroxylation is 1. The molecule has 1 aliphatic heterocycles. The molecule has 0 saturated heterocycles. The molecule has 9 aromatic rings. The molecule has 0 bridgehead atoms. The maximum Gasteiger partial charge on any atom is 0.134 e. The highest BCUT2D eigenvalue weighted by Gasteiger charge is 2.25. The van der Waals surface area contributed by atoms with Crippen LogP contribution in [-0.4, -0.2) is 19.7 Å². The van der Waals surface area contributed by atoms with Gasteiger partial charge in [0.05, 0.1) is 50.6 Å². The molecule has 0 N–H and O–H groups in total. The molecule has 0 amide bonds. The van der Waals surface area contributed by atoms with Crippen molar-refractivity contribution in [3.05, 3.63) is 150 Å². The third kappa shape index (κ3) is 3.33. The van der Waals surface area contributed by atoms with Crippen molar-refractivity contribution in [2.45, 2.75) is 12.8 Å². The molecule has 10 rings (SSSR count). The number of rotatable bonds is 2. The van der Waals surface area contributed by atoms with E-state index in [4.69, 9.17) is 9.98 Å². The molecule has 5 nitrogen and oxygen atoms in total. The minimum absolute atomic E-state index is 0.599. The molecule has 5 heteroatoms. The Labute approximate surface area is 263 Å². The Bertz CT molecular complexity index is 2820. The van der Waals surface area contributed by atoms with Crippen molar-refractivity contribution in [1.29, 1.82) is 5.26 Å². The van der Waals surface area contributed by atoms with Crippen molar-refractivity contribution in [3.63, 3.8) is 0 Å².